The Morgan fingerprint density at radius 1 is 1.43 bits per heavy atom. The molecule has 0 saturated heterocycles. The fourth-order valence-electron chi connectivity index (χ4n) is 1.62. The van der Waals surface area contributed by atoms with E-state index in [1.807, 2.05) is 0 Å². The number of carbonyl (C=O) groups is 1. The van der Waals surface area contributed by atoms with E-state index in [1.54, 1.807) is 13.8 Å². The van der Waals surface area contributed by atoms with Gasteiger partial charge in [0.05, 0.1) is 13.1 Å². The number of carbonyl (C=O) groups excluding carboxylic acids is 1. The van der Waals surface area contributed by atoms with Crippen LogP contribution in [0.2, 0.25) is 0 Å². The van der Waals surface area contributed by atoms with Crippen LogP contribution in [0.3, 0.4) is 0 Å². The predicted molar refractivity (Wildman–Crippen MR) is 78.4 cm³/mol. The summed E-state index contributed by atoms with van der Waals surface area (Å²) < 4.78 is 26.1. The number of nitrogens with two attached hydrogens (primary N) is 2. The summed E-state index contributed by atoms with van der Waals surface area (Å²) in [7, 11) is -3.87. The molecule has 0 spiro atoms. The molecule has 0 radical (unpaired) electrons. The molecular weight excluding hydrogens is 292 g/mol. The maximum Gasteiger partial charge on any atom is 0.245 e. The van der Waals surface area contributed by atoms with Crippen LogP contribution in [0, 0.1) is 11.8 Å². The summed E-state index contributed by atoms with van der Waals surface area (Å²) in [5.41, 5.74) is 10.8. The first-order valence-corrected chi connectivity index (χ1v) is 7.67. The Bertz CT molecular complexity index is 674. The summed E-state index contributed by atoms with van der Waals surface area (Å²) in [6.45, 7) is 3.09. The first-order valence-electron chi connectivity index (χ1n) is 6.23. The number of hydrogen-bond donors (Lipinski definition) is 2. The molecule has 1 aromatic rings. The minimum Gasteiger partial charge on any atom is -0.369 e. The summed E-state index contributed by atoms with van der Waals surface area (Å²) in [6, 6.07) is 0.975. The monoisotopic (exact) mass is 310 g/mol. The minimum atomic E-state index is -3.87. The number of pyridine rings is 1. The predicted octanol–water partition coefficient (Wildman–Crippen LogP) is -0.724. The smallest absolute Gasteiger partial charge is 0.245 e. The number of hydrogen-bond acceptors (Lipinski definition) is 5. The van der Waals surface area contributed by atoms with Crippen molar-refractivity contribution in [2.75, 3.05) is 13.1 Å². The van der Waals surface area contributed by atoms with Crippen molar-refractivity contribution >= 4 is 15.9 Å². The summed E-state index contributed by atoms with van der Waals surface area (Å²) >= 11 is 0. The van der Waals surface area contributed by atoms with Gasteiger partial charge in [0.15, 0.2) is 0 Å². The van der Waals surface area contributed by atoms with Crippen LogP contribution in [0.4, 0.5) is 0 Å². The fraction of sp³-hybridized carbons (Fsp3) is 0.385. The highest BCUT2D eigenvalue weighted by Gasteiger charge is 2.28. The fourth-order valence-corrected chi connectivity index (χ4v) is 3.21. The van der Waals surface area contributed by atoms with Gasteiger partial charge in [-0.15, -0.1) is 0 Å². The molecule has 0 aromatic carbocycles. The van der Waals surface area contributed by atoms with Crippen LogP contribution in [-0.2, 0) is 14.8 Å². The van der Waals surface area contributed by atoms with E-state index in [2.05, 4.69) is 16.8 Å². The largest absolute Gasteiger partial charge is 0.369 e. The third-order valence-corrected chi connectivity index (χ3v) is 4.53. The topological polar surface area (TPSA) is 119 Å². The van der Waals surface area contributed by atoms with Gasteiger partial charge in [-0.2, -0.15) is 4.31 Å². The van der Waals surface area contributed by atoms with E-state index in [9.17, 15) is 13.2 Å². The van der Waals surface area contributed by atoms with Gasteiger partial charge in [0, 0.05) is 24.0 Å². The van der Waals surface area contributed by atoms with Crippen LogP contribution in [0.25, 0.3) is 0 Å². The Labute approximate surface area is 124 Å². The number of primary amides is 1. The Balaban J connectivity index is 3.25. The van der Waals surface area contributed by atoms with Crippen LogP contribution >= 0.6 is 0 Å². The van der Waals surface area contributed by atoms with Crippen molar-refractivity contribution < 1.29 is 13.2 Å². The molecule has 0 aliphatic carbocycles. The lowest BCUT2D eigenvalue weighted by atomic mass is 10.3. The second-order valence-electron chi connectivity index (χ2n) is 4.53. The molecule has 1 heterocycles. The summed E-state index contributed by atoms with van der Waals surface area (Å²) in [5, 5.41) is 0. The molecular formula is C13H18N4O3S. The van der Waals surface area contributed by atoms with Crippen molar-refractivity contribution in [3.8, 4) is 11.8 Å². The number of sulfonamides is 1. The molecule has 114 valence electrons. The van der Waals surface area contributed by atoms with Crippen molar-refractivity contribution in [3.63, 3.8) is 0 Å². The van der Waals surface area contributed by atoms with E-state index in [1.165, 1.54) is 18.5 Å². The van der Waals surface area contributed by atoms with Gasteiger partial charge in [-0.05, 0) is 19.9 Å². The molecule has 0 saturated carbocycles. The van der Waals surface area contributed by atoms with Crippen molar-refractivity contribution in [1.82, 2.24) is 9.29 Å². The van der Waals surface area contributed by atoms with E-state index in [4.69, 9.17) is 11.5 Å². The highest BCUT2D eigenvalue weighted by molar-refractivity contribution is 7.89. The molecule has 1 amide bonds. The second kappa shape index (κ2) is 7.17. The highest BCUT2D eigenvalue weighted by atomic mass is 32.2. The number of amides is 1. The van der Waals surface area contributed by atoms with Gasteiger partial charge in [0.25, 0.3) is 0 Å². The Morgan fingerprint density at radius 2 is 2.10 bits per heavy atom. The Kier molecular flexibility index (Phi) is 5.84. The maximum absolute atomic E-state index is 12.5. The summed E-state index contributed by atoms with van der Waals surface area (Å²) in [6.07, 6.45) is 2.65. The molecule has 0 unspecified atom stereocenters. The van der Waals surface area contributed by atoms with E-state index in [0.29, 0.717) is 5.56 Å². The van der Waals surface area contributed by atoms with Crippen molar-refractivity contribution in [2.45, 2.75) is 24.8 Å². The normalized spacial score (nSPS) is 11.3. The summed E-state index contributed by atoms with van der Waals surface area (Å²) in [4.78, 5) is 14.9. The highest BCUT2D eigenvalue weighted by Crippen LogP contribution is 2.18. The van der Waals surface area contributed by atoms with Gasteiger partial charge < -0.3 is 11.5 Å². The first kappa shape index (κ1) is 17.1. The number of rotatable bonds is 5. The van der Waals surface area contributed by atoms with Crippen LogP contribution < -0.4 is 11.5 Å². The summed E-state index contributed by atoms with van der Waals surface area (Å²) in [5.74, 6) is 4.61. The van der Waals surface area contributed by atoms with E-state index in [0.717, 1.165) is 4.31 Å². The van der Waals surface area contributed by atoms with E-state index < -0.39 is 28.5 Å². The van der Waals surface area contributed by atoms with Crippen LogP contribution in [0.1, 0.15) is 19.4 Å². The van der Waals surface area contributed by atoms with Crippen LogP contribution in [0.5, 0.6) is 0 Å². The lowest BCUT2D eigenvalue weighted by Crippen LogP contribution is -2.42. The third kappa shape index (κ3) is 4.53. The van der Waals surface area contributed by atoms with Gasteiger partial charge in [0.1, 0.15) is 4.90 Å². The average Bonchev–Trinajstić information content (AvgIpc) is 2.42. The van der Waals surface area contributed by atoms with Gasteiger partial charge >= 0.3 is 0 Å². The molecule has 0 fully saturated rings. The lowest BCUT2D eigenvalue weighted by molar-refractivity contribution is -0.118. The van der Waals surface area contributed by atoms with E-state index >= 15 is 0 Å². The SMILES string of the molecule is CC(C)N(CC(N)=O)S(=O)(=O)c1cncc(C#CCN)c1. The quantitative estimate of drug-likeness (QED) is 0.695. The zero-order valence-corrected chi connectivity index (χ0v) is 12.7. The molecule has 7 nitrogen and oxygen atoms in total. The number of aromatic nitrogens is 1. The van der Waals surface area contributed by atoms with Gasteiger partial charge in [-0.25, -0.2) is 8.42 Å². The molecule has 0 bridgehead atoms. The molecule has 0 aliphatic rings. The lowest BCUT2D eigenvalue weighted by Gasteiger charge is -2.24. The Morgan fingerprint density at radius 3 is 2.62 bits per heavy atom. The number of nitrogens with zero attached hydrogens (tertiary/aromatic N) is 2. The minimum absolute atomic E-state index is 0.0405. The van der Waals surface area contributed by atoms with Gasteiger partial charge in [-0.1, -0.05) is 11.8 Å². The maximum atomic E-state index is 12.5. The molecule has 0 aliphatic heterocycles. The molecule has 1 rings (SSSR count). The van der Waals surface area contributed by atoms with Crippen LogP contribution in [-0.4, -0.2) is 42.7 Å². The molecule has 0 atom stereocenters. The second-order valence-corrected chi connectivity index (χ2v) is 6.42. The first-order chi connectivity index (χ1) is 9.78. The molecule has 21 heavy (non-hydrogen) atoms. The Hall–Kier alpha value is -1.95. The van der Waals surface area contributed by atoms with Crippen molar-refractivity contribution in [2.24, 2.45) is 11.5 Å². The zero-order valence-electron chi connectivity index (χ0n) is 11.9. The van der Waals surface area contributed by atoms with Gasteiger partial charge in [-0.3, -0.25) is 9.78 Å². The standard InChI is InChI=1S/C13H18N4O3S/c1-10(2)17(9-13(15)18)21(19,20)12-6-11(4-3-5-14)7-16-8-12/h6-8,10H,5,9,14H2,1-2H3,(H2,15,18). The van der Waals surface area contributed by atoms with E-state index in [-0.39, 0.29) is 11.4 Å². The van der Waals surface area contributed by atoms with Crippen molar-refractivity contribution in [1.29, 1.82) is 0 Å². The van der Waals surface area contributed by atoms with Gasteiger partial charge in [0.2, 0.25) is 15.9 Å². The molecule has 1 aromatic heterocycles. The zero-order chi connectivity index (χ0) is 16.0. The third-order valence-electron chi connectivity index (χ3n) is 2.54. The van der Waals surface area contributed by atoms with Crippen molar-refractivity contribution in [3.05, 3.63) is 24.0 Å². The average molecular weight is 310 g/mol. The molecule has 4 N–H and O–H groups in total. The van der Waals surface area contributed by atoms with Crippen LogP contribution in [0.15, 0.2) is 23.4 Å². The molecule has 8 heteroatoms.